The summed E-state index contributed by atoms with van der Waals surface area (Å²) in [6.07, 6.45) is 5.07. The lowest BCUT2D eigenvalue weighted by atomic mass is 9.95. The summed E-state index contributed by atoms with van der Waals surface area (Å²) in [4.78, 5) is 12.1. The Morgan fingerprint density at radius 3 is 2.61 bits per heavy atom. The van der Waals surface area contributed by atoms with E-state index in [2.05, 4.69) is 5.32 Å². The zero-order valence-corrected chi connectivity index (χ0v) is 10.5. The van der Waals surface area contributed by atoms with Crippen molar-refractivity contribution in [3.8, 4) is 0 Å². The van der Waals surface area contributed by atoms with Gasteiger partial charge in [0.1, 0.15) is 6.04 Å². The standard InChI is InChI=1S/C15H20N2O/c16-14(11-4-2-1-3-5-11)15(18)17-13-9-10-6-7-12(13)8-10/h1-5,10,12-14H,6-9,16H2,(H,17,18)/t10?,12?,13?,14-/m0/s1. The fraction of sp³-hybridized carbons (Fsp3) is 0.533. The van der Waals surface area contributed by atoms with Gasteiger partial charge in [0.05, 0.1) is 0 Å². The van der Waals surface area contributed by atoms with Crippen LogP contribution < -0.4 is 11.1 Å². The highest BCUT2D eigenvalue weighted by atomic mass is 16.2. The summed E-state index contributed by atoms with van der Waals surface area (Å²) in [5.74, 6) is 1.51. The second kappa shape index (κ2) is 4.73. The minimum atomic E-state index is -0.537. The van der Waals surface area contributed by atoms with Crippen LogP contribution in [-0.2, 0) is 4.79 Å². The van der Waals surface area contributed by atoms with E-state index in [4.69, 9.17) is 5.73 Å². The lowest BCUT2D eigenvalue weighted by molar-refractivity contribution is -0.123. The SMILES string of the molecule is N[C@H](C(=O)NC1CC2CCC1C2)c1ccccc1. The number of hydrogen-bond acceptors (Lipinski definition) is 2. The maximum Gasteiger partial charge on any atom is 0.241 e. The monoisotopic (exact) mass is 244 g/mol. The molecule has 3 rings (SSSR count). The van der Waals surface area contributed by atoms with Gasteiger partial charge in [0.2, 0.25) is 5.91 Å². The van der Waals surface area contributed by atoms with Crippen LogP contribution in [0.5, 0.6) is 0 Å². The first-order valence-corrected chi connectivity index (χ1v) is 6.85. The first kappa shape index (κ1) is 11.7. The van der Waals surface area contributed by atoms with E-state index in [1.54, 1.807) is 0 Å². The minimum absolute atomic E-state index is 0.0289. The maximum absolute atomic E-state index is 12.1. The normalized spacial score (nSPS) is 31.3. The molecule has 0 saturated heterocycles. The van der Waals surface area contributed by atoms with Crippen molar-refractivity contribution >= 4 is 5.91 Å². The molecule has 96 valence electrons. The Morgan fingerprint density at radius 2 is 2.00 bits per heavy atom. The Hall–Kier alpha value is -1.35. The van der Waals surface area contributed by atoms with Gasteiger partial charge in [-0.05, 0) is 36.7 Å². The van der Waals surface area contributed by atoms with Gasteiger partial charge in [-0.25, -0.2) is 0 Å². The average molecular weight is 244 g/mol. The van der Waals surface area contributed by atoms with E-state index >= 15 is 0 Å². The third-order valence-electron chi connectivity index (χ3n) is 4.51. The predicted molar refractivity (Wildman–Crippen MR) is 70.7 cm³/mol. The number of carbonyl (C=O) groups is 1. The van der Waals surface area contributed by atoms with Gasteiger partial charge in [0.15, 0.2) is 0 Å². The smallest absolute Gasteiger partial charge is 0.241 e. The Balaban J connectivity index is 1.62. The molecule has 4 atom stereocenters. The first-order chi connectivity index (χ1) is 8.74. The van der Waals surface area contributed by atoms with Crippen molar-refractivity contribution in [1.29, 1.82) is 0 Å². The van der Waals surface area contributed by atoms with Crippen molar-refractivity contribution in [3.05, 3.63) is 35.9 Å². The van der Waals surface area contributed by atoms with E-state index in [0.717, 1.165) is 17.9 Å². The van der Waals surface area contributed by atoms with E-state index < -0.39 is 6.04 Å². The third kappa shape index (κ3) is 2.15. The predicted octanol–water partition coefficient (Wildman–Crippen LogP) is 1.99. The van der Waals surface area contributed by atoms with Crippen LogP contribution in [0.1, 0.15) is 37.3 Å². The minimum Gasteiger partial charge on any atom is -0.351 e. The fourth-order valence-corrected chi connectivity index (χ4v) is 3.51. The molecule has 2 saturated carbocycles. The maximum atomic E-state index is 12.1. The average Bonchev–Trinajstić information content (AvgIpc) is 3.01. The molecule has 2 bridgehead atoms. The molecule has 1 aromatic carbocycles. The Kier molecular flexibility index (Phi) is 3.08. The second-order valence-corrected chi connectivity index (χ2v) is 5.68. The van der Waals surface area contributed by atoms with Crippen molar-refractivity contribution in [2.24, 2.45) is 17.6 Å². The summed E-state index contributed by atoms with van der Waals surface area (Å²) in [5.41, 5.74) is 6.89. The number of amides is 1. The molecular formula is C15H20N2O. The molecule has 18 heavy (non-hydrogen) atoms. The summed E-state index contributed by atoms with van der Waals surface area (Å²) in [6.45, 7) is 0. The molecule has 0 aromatic heterocycles. The molecule has 0 heterocycles. The van der Waals surface area contributed by atoms with Gasteiger partial charge in [-0.1, -0.05) is 36.8 Å². The number of hydrogen-bond donors (Lipinski definition) is 2. The van der Waals surface area contributed by atoms with Crippen LogP contribution in [0.3, 0.4) is 0 Å². The molecule has 1 amide bonds. The molecule has 3 heteroatoms. The second-order valence-electron chi connectivity index (χ2n) is 5.68. The van der Waals surface area contributed by atoms with E-state index in [1.165, 1.54) is 19.3 Å². The molecule has 2 aliphatic carbocycles. The zero-order valence-electron chi connectivity index (χ0n) is 10.5. The molecule has 3 nitrogen and oxygen atoms in total. The molecule has 3 unspecified atom stereocenters. The number of fused-ring (bicyclic) bond motifs is 2. The zero-order chi connectivity index (χ0) is 12.5. The molecule has 0 radical (unpaired) electrons. The van der Waals surface area contributed by atoms with Gasteiger partial charge < -0.3 is 11.1 Å². The van der Waals surface area contributed by atoms with E-state index in [1.807, 2.05) is 30.3 Å². The van der Waals surface area contributed by atoms with Crippen LogP contribution in [0.4, 0.5) is 0 Å². The van der Waals surface area contributed by atoms with Crippen molar-refractivity contribution in [2.75, 3.05) is 0 Å². The van der Waals surface area contributed by atoms with E-state index in [-0.39, 0.29) is 5.91 Å². The molecule has 2 fully saturated rings. The van der Waals surface area contributed by atoms with Crippen LogP contribution >= 0.6 is 0 Å². The summed E-state index contributed by atoms with van der Waals surface area (Å²) in [7, 11) is 0. The third-order valence-corrected chi connectivity index (χ3v) is 4.51. The highest BCUT2D eigenvalue weighted by Crippen LogP contribution is 2.44. The van der Waals surface area contributed by atoms with Crippen LogP contribution in [0, 0.1) is 11.8 Å². The highest BCUT2D eigenvalue weighted by molar-refractivity contribution is 5.83. The topological polar surface area (TPSA) is 55.1 Å². The molecule has 1 aromatic rings. The van der Waals surface area contributed by atoms with Gasteiger partial charge >= 0.3 is 0 Å². The number of benzene rings is 1. The van der Waals surface area contributed by atoms with Gasteiger partial charge in [-0.15, -0.1) is 0 Å². The van der Waals surface area contributed by atoms with Crippen molar-refractivity contribution in [1.82, 2.24) is 5.32 Å². The quantitative estimate of drug-likeness (QED) is 0.854. The number of nitrogens with two attached hydrogens (primary N) is 1. The van der Waals surface area contributed by atoms with Gasteiger partial charge in [0.25, 0.3) is 0 Å². The highest BCUT2D eigenvalue weighted by Gasteiger charge is 2.40. The number of rotatable bonds is 3. The molecule has 0 spiro atoms. The Bertz CT molecular complexity index is 431. The largest absolute Gasteiger partial charge is 0.351 e. The van der Waals surface area contributed by atoms with Crippen LogP contribution in [0.15, 0.2) is 30.3 Å². The first-order valence-electron chi connectivity index (χ1n) is 6.85. The van der Waals surface area contributed by atoms with Crippen LogP contribution in [0.2, 0.25) is 0 Å². The summed E-state index contributed by atoms with van der Waals surface area (Å²) < 4.78 is 0. The molecular weight excluding hydrogens is 224 g/mol. The van der Waals surface area contributed by atoms with E-state index in [9.17, 15) is 4.79 Å². The Morgan fingerprint density at radius 1 is 1.22 bits per heavy atom. The van der Waals surface area contributed by atoms with E-state index in [0.29, 0.717) is 12.0 Å². The summed E-state index contributed by atoms with van der Waals surface area (Å²) in [6, 6.07) is 9.41. The number of carbonyl (C=O) groups excluding carboxylic acids is 1. The molecule has 2 aliphatic rings. The van der Waals surface area contributed by atoms with Crippen LogP contribution in [0.25, 0.3) is 0 Å². The lowest BCUT2D eigenvalue weighted by Crippen LogP contribution is -2.43. The fourth-order valence-electron chi connectivity index (χ4n) is 3.51. The lowest BCUT2D eigenvalue weighted by Gasteiger charge is -2.24. The Labute approximate surface area is 108 Å². The van der Waals surface area contributed by atoms with Gasteiger partial charge in [-0.3, -0.25) is 4.79 Å². The van der Waals surface area contributed by atoms with Crippen molar-refractivity contribution in [2.45, 2.75) is 37.8 Å². The van der Waals surface area contributed by atoms with Gasteiger partial charge in [-0.2, -0.15) is 0 Å². The molecule has 0 aliphatic heterocycles. The van der Waals surface area contributed by atoms with Crippen LogP contribution in [-0.4, -0.2) is 11.9 Å². The summed E-state index contributed by atoms with van der Waals surface area (Å²) in [5, 5.41) is 3.14. The van der Waals surface area contributed by atoms with Crippen molar-refractivity contribution < 1.29 is 4.79 Å². The summed E-state index contributed by atoms with van der Waals surface area (Å²) >= 11 is 0. The van der Waals surface area contributed by atoms with Gasteiger partial charge in [0, 0.05) is 6.04 Å². The number of nitrogens with one attached hydrogen (secondary N) is 1. The molecule has 3 N–H and O–H groups in total. The van der Waals surface area contributed by atoms with Crippen molar-refractivity contribution in [3.63, 3.8) is 0 Å².